The Morgan fingerprint density at radius 2 is 1.81 bits per heavy atom. The Labute approximate surface area is 167 Å². The Morgan fingerprint density at radius 3 is 2.33 bits per heavy atom. The van der Waals surface area contributed by atoms with Crippen LogP contribution in [0.4, 0.5) is 0 Å². The van der Waals surface area contributed by atoms with Gasteiger partial charge in [-0.3, -0.25) is 4.79 Å². The molecule has 1 aromatic carbocycles. The summed E-state index contributed by atoms with van der Waals surface area (Å²) in [7, 11) is 1.66. The lowest BCUT2D eigenvalue weighted by molar-refractivity contribution is -0.126. The van der Waals surface area contributed by atoms with Crippen LogP contribution in [0.5, 0.6) is 5.75 Å². The topological polar surface area (TPSA) is 70.6 Å². The fraction of sp³-hybridized carbons (Fsp3) is 0.667. The largest absolute Gasteiger partial charge is 0.497 e. The van der Waals surface area contributed by atoms with Crippen LogP contribution in [0.1, 0.15) is 44.1 Å². The quantitative estimate of drug-likeness (QED) is 0.693. The van der Waals surface area contributed by atoms with E-state index < -0.39 is 0 Å². The number of carbonyl (C=O) groups is 1. The highest BCUT2D eigenvalue weighted by atomic mass is 35.5. The molecule has 3 N–H and O–H groups in total. The van der Waals surface area contributed by atoms with Gasteiger partial charge in [0.1, 0.15) is 5.75 Å². The van der Waals surface area contributed by atoms with Crippen molar-refractivity contribution in [3.63, 3.8) is 0 Å². The average molecular weight is 395 g/mol. The minimum absolute atomic E-state index is 0. The van der Waals surface area contributed by atoms with Gasteiger partial charge < -0.3 is 20.5 Å². The zero-order chi connectivity index (χ0) is 18.1. The van der Waals surface area contributed by atoms with E-state index in [1.165, 1.54) is 0 Å². The number of ether oxygens (including phenoxy) is 1. The van der Waals surface area contributed by atoms with E-state index >= 15 is 0 Å². The van der Waals surface area contributed by atoms with Crippen LogP contribution in [0.15, 0.2) is 24.3 Å². The molecule has 1 heterocycles. The van der Waals surface area contributed by atoms with Gasteiger partial charge in [-0.15, -0.1) is 12.4 Å². The van der Waals surface area contributed by atoms with Gasteiger partial charge in [-0.25, -0.2) is 0 Å². The number of amides is 1. The van der Waals surface area contributed by atoms with E-state index in [9.17, 15) is 9.90 Å². The van der Waals surface area contributed by atoms with Crippen molar-refractivity contribution in [2.75, 3.05) is 20.2 Å². The SMILES string of the molecule is COc1ccc(C2(C(=O)NC(C3CCNCC3)C3CC(O)C3)CC2)cc1.Cl. The number of nitrogens with one attached hydrogen (secondary N) is 2. The highest BCUT2D eigenvalue weighted by molar-refractivity contribution is 5.91. The van der Waals surface area contributed by atoms with Crippen molar-refractivity contribution in [2.24, 2.45) is 11.8 Å². The number of aliphatic hydroxyl groups excluding tert-OH is 1. The van der Waals surface area contributed by atoms with Crippen LogP contribution < -0.4 is 15.4 Å². The van der Waals surface area contributed by atoms with Crippen molar-refractivity contribution < 1.29 is 14.6 Å². The molecule has 5 nitrogen and oxygen atoms in total. The molecule has 1 saturated heterocycles. The third-order valence-electron chi connectivity index (χ3n) is 6.67. The van der Waals surface area contributed by atoms with E-state index in [1.807, 2.05) is 24.3 Å². The molecule has 0 radical (unpaired) electrons. The van der Waals surface area contributed by atoms with E-state index in [2.05, 4.69) is 10.6 Å². The number of methoxy groups -OCH3 is 1. The zero-order valence-corrected chi connectivity index (χ0v) is 16.8. The Hall–Kier alpha value is -1.30. The molecule has 27 heavy (non-hydrogen) atoms. The van der Waals surface area contributed by atoms with Crippen LogP contribution in [0.2, 0.25) is 0 Å². The van der Waals surface area contributed by atoms with Gasteiger partial charge in [0.15, 0.2) is 0 Å². The van der Waals surface area contributed by atoms with Crippen LogP contribution in [-0.4, -0.2) is 43.4 Å². The molecule has 3 fully saturated rings. The first-order valence-corrected chi connectivity index (χ1v) is 9.97. The second-order valence-electron chi connectivity index (χ2n) is 8.28. The number of carbonyl (C=O) groups excluding carboxylic acids is 1. The molecule has 2 saturated carbocycles. The zero-order valence-electron chi connectivity index (χ0n) is 15.9. The predicted octanol–water partition coefficient (Wildman–Crippen LogP) is 2.40. The number of halogens is 1. The van der Waals surface area contributed by atoms with E-state index in [1.54, 1.807) is 7.11 Å². The Morgan fingerprint density at radius 1 is 1.19 bits per heavy atom. The monoisotopic (exact) mass is 394 g/mol. The highest BCUT2D eigenvalue weighted by Crippen LogP contribution is 2.49. The van der Waals surface area contributed by atoms with Gasteiger partial charge >= 0.3 is 0 Å². The minimum atomic E-state index is -0.361. The first-order chi connectivity index (χ1) is 12.6. The van der Waals surface area contributed by atoms with E-state index in [0.717, 1.165) is 62.9 Å². The molecule has 150 valence electrons. The molecule has 1 unspecified atom stereocenters. The average Bonchev–Trinajstić information content (AvgIpc) is 3.46. The molecule has 3 aliphatic rings. The van der Waals surface area contributed by atoms with Gasteiger partial charge in [0.2, 0.25) is 5.91 Å². The van der Waals surface area contributed by atoms with Crippen LogP contribution >= 0.6 is 12.4 Å². The fourth-order valence-corrected chi connectivity index (χ4v) is 4.72. The smallest absolute Gasteiger partial charge is 0.230 e. The number of benzene rings is 1. The van der Waals surface area contributed by atoms with Gasteiger partial charge in [0.05, 0.1) is 18.6 Å². The molecule has 1 aliphatic heterocycles. The van der Waals surface area contributed by atoms with Crippen molar-refractivity contribution in [3.05, 3.63) is 29.8 Å². The van der Waals surface area contributed by atoms with E-state index in [4.69, 9.17) is 4.74 Å². The molecule has 1 amide bonds. The molecular formula is C21H31ClN2O3. The second kappa shape index (κ2) is 8.38. The summed E-state index contributed by atoms with van der Waals surface area (Å²) < 4.78 is 5.24. The summed E-state index contributed by atoms with van der Waals surface area (Å²) in [6.45, 7) is 2.05. The van der Waals surface area contributed by atoms with E-state index in [0.29, 0.717) is 11.8 Å². The number of piperidine rings is 1. The summed E-state index contributed by atoms with van der Waals surface area (Å²) in [5.41, 5.74) is 0.730. The predicted molar refractivity (Wildman–Crippen MR) is 107 cm³/mol. The third-order valence-corrected chi connectivity index (χ3v) is 6.67. The number of aliphatic hydroxyl groups is 1. The molecule has 1 atom stereocenters. The number of hydrogen-bond acceptors (Lipinski definition) is 4. The lowest BCUT2D eigenvalue weighted by Gasteiger charge is -2.43. The maximum atomic E-state index is 13.2. The van der Waals surface area contributed by atoms with Crippen LogP contribution in [0, 0.1) is 11.8 Å². The Kier molecular flexibility index (Phi) is 6.34. The molecule has 6 heteroatoms. The van der Waals surface area contributed by atoms with E-state index in [-0.39, 0.29) is 35.9 Å². The molecule has 1 aromatic rings. The van der Waals surface area contributed by atoms with Crippen LogP contribution in [0.3, 0.4) is 0 Å². The first kappa shape index (κ1) is 20.4. The minimum Gasteiger partial charge on any atom is -0.497 e. The molecule has 4 rings (SSSR count). The lowest BCUT2D eigenvalue weighted by Crippen LogP contribution is -2.54. The summed E-state index contributed by atoms with van der Waals surface area (Å²) in [6.07, 6.45) is 5.50. The molecule has 0 bridgehead atoms. The van der Waals surface area contributed by atoms with Gasteiger partial charge in [-0.2, -0.15) is 0 Å². The first-order valence-electron chi connectivity index (χ1n) is 9.97. The standard InChI is InChI=1S/C21H30N2O3.ClH/c1-26-18-4-2-16(3-5-18)21(8-9-21)20(25)23-19(15-12-17(24)13-15)14-6-10-22-11-7-14;/h2-5,14-15,17,19,22,24H,6-13H2,1H3,(H,23,25);1H. The fourth-order valence-electron chi connectivity index (χ4n) is 4.72. The second-order valence-corrected chi connectivity index (χ2v) is 8.28. The maximum absolute atomic E-state index is 13.2. The number of rotatable bonds is 6. The van der Waals surface area contributed by atoms with Gasteiger partial charge in [-0.05, 0) is 81.1 Å². The Bertz CT molecular complexity index is 635. The third kappa shape index (κ3) is 4.10. The molecule has 0 spiro atoms. The van der Waals surface area contributed by atoms with Crippen LogP contribution in [-0.2, 0) is 10.2 Å². The molecular weight excluding hydrogens is 364 g/mol. The van der Waals surface area contributed by atoms with Gasteiger partial charge in [-0.1, -0.05) is 12.1 Å². The lowest BCUT2D eigenvalue weighted by atomic mass is 9.71. The Balaban J connectivity index is 0.00000210. The van der Waals surface area contributed by atoms with Crippen molar-refractivity contribution in [2.45, 2.75) is 56.1 Å². The normalized spacial score (nSPS) is 27.6. The summed E-state index contributed by atoms with van der Waals surface area (Å²) in [6, 6.07) is 8.13. The molecule has 0 aromatic heterocycles. The van der Waals surface area contributed by atoms with Crippen LogP contribution in [0.25, 0.3) is 0 Å². The van der Waals surface area contributed by atoms with Crippen molar-refractivity contribution >= 4 is 18.3 Å². The highest BCUT2D eigenvalue weighted by Gasteiger charge is 2.52. The van der Waals surface area contributed by atoms with Crippen molar-refractivity contribution in [1.82, 2.24) is 10.6 Å². The maximum Gasteiger partial charge on any atom is 0.230 e. The summed E-state index contributed by atoms with van der Waals surface area (Å²) in [5, 5.41) is 16.6. The summed E-state index contributed by atoms with van der Waals surface area (Å²) in [4.78, 5) is 13.2. The van der Waals surface area contributed by atoms with Crippen molar-refractivity contribution in [3.8, 4) is 5.75 Å². The number of hydrogen-bond donors (Lipinski definition) is 3. The van der Waals surface area contributed by atoms with Crippen molar-refractivity contribution in [1.29, 1.82) is 0 Å². The van der Waals surface area contributed by atoms with Gasteiger partial charge in [0.25, 0.3) is 0 Å². The molecule has 2 aliphatic carbocycles. The summed E-state index contributed by atoms with van der Waals surface area (Å²) >= 11 is 0. The van der Waals surface area contributed by atoms with Gasteiger partial charge in [0, 0.05) is 6.04 Å². The summed E-state index contributed by atoms with van der Waals surface area (Å²) in [5.74, 6) is 1.93.